The molecule has 1 N–H and O–H groups in total. The molecule has 136 valence electrons. The van der Waals surface area contributed by atoms with E-state index < -0.39 is 0 Å². The van der Waals surface area contributed by atoms with E-state index in [9.17, 15) is 14.4 Å². The molecule has 0 saturated carbocycles. The minimum absolute atomic E-state index is 0.0172. The van der Waals surface area contributed by atoms with Crippen molar-refractivity contribution in [1.82, 2.24) is 19.8 Å². The topological polar surface area (TPSA) is 84.3 Å². The maximum atomic E-state index is 12.4. The minimum atomic E-state index is -0.339. The zero-order valence-corrected chi connectivity index (χ0v) is 15.9. The van der Waals surface area contributed by atoms with Crippen LogP contribution in [-0.2, 0) is 16.1 Å². The zero-order chi connectivity index (χ0) is 18.6. The van der Waals surface area contributed by atoms with Gasteiger partial charge in [-0.1, -0.05) is 0 Å². The number of nitrogens with zero attached hydrogens (tertiary/aromatic N) is 3. The van der Waals surface area contributed by atoms with Crippen LogP contribution in [0.1, 0.15) is 34.1 Å². The van der Waals surface area contributed by atoms with Gasteiger partial charge >= 0.3 is 0 Å². The number of hydrogen-bond donors (Lipinski definition) is 1. The zero-order valence-electron chi connectivity index (χ0n) is 15.0. The summed E-state index contributed by atoms with van der Waals surface area (Å²) in [5.74, 6) is -0.356. The number of amides is 2. The van der Waals surface area contributed by atoms with Crippen LogP contribution >= 0.6 is 11.3 Å². The van der Waals surface area contributed by atoms with Crippen molar-refractivity contribution in [3.63, 3.8) is 0 Å². The molecular weight excluding hydrogens is 340 g/mol. The Bertz CT molecular complexity index is 819. The molecule has 2 rings (SSSR count). The van der Waals surface area contributed by atoms with Gasteiger partial charge in [0.25, 0.3) is 5.56 Å². The second-order valence-electron chi connectivity index (χ2n) is 6.84. The quantitative estimate of drug-likeness (QED) is 0.844. The van der Waals surface area contributed by atoms with Gasteiger partial charge in [0.15, 0.2) is 0 Å². The van der Waals surface area contributed by atoms with Gasteiger partial charge in [0, 0.05) is 25.0 Å². The summed E-state index contributed by atoms with van der Waals surface area (Å²) in [6, 6.07) is 1.74. The van der Waals surface area contributed by atoms with E-state index in [1.54, 1.807) is 6.07 Å². The number of aryl methyl sites for hydroxylation is 1. The molecule has 2 amide bonds. The van der Waals surface area contributed by atoms with Crippen LogP contribution in [0.25, 0.3) is 10.2 Å². The molecular formula is C17H24N4O3S. The van der Waals surface area contributed by atoms with Gasteiger partial charge in [0.1, 0.15) is 4.83 Å². The third kappa shape index (κ3) is 5.12. The van der Waals surface area contributed by atoms with E-state index in [4.69, 9.17) is 0 Å². The van der Waals surface area contributed by atoms with Crippen molar-refractivity contribution in [2.45, 2.75) is 46.2 Å². The van der Waals surface area contributed by atoms with E-state index in [0.29, 0.717) is 16.8 Å². The number of aromatic nitrogens is 2. The van der Waals surface area contributed by atoms with Crippen molar-refractivity contribution in [3.05, 3.63) is 28.1 Å². The van der Waals surface area contributed by atoms with Gasteiger partial charge in [-0.05, 0) is 39.1 Å². The highest BCUT2D eigenvalue weighted by Gasteiger charge is 2.19. The number of likely N-dealkylation sites (N-methyl/N-ethyl adjacent to an activating group) is 1. The average Bonchev–Trinajstić information content (AvgIpc) is 2.99. The van der Waals surface area contributed by atoms with Crippen LogP contribution in [0, 0.1) is 0 Å². The fourth-order valence-electron chi connectivity index (χ4n) is 2.43. The summed E-state index contributed by atoms with van der Waals surface area (Å²) in [5.41, 5.74) is -0.485. The molecule has 2 aromatic rings. The smallest absolute Gasteiger partial charge is 0.262 e. The molecule has 0 atom stereocenters. The lowest BCUT2D eigenvalue weighted by Crippen LogP contribution is -2.47. The number of carbonyl (C=O) groups excluding carboxylic acids is 2. The van der Waals surface area contributed by atoms with Crippen LogP contribution < -0.4 is 10.9 Å². The monoisotopic (exact) mass is 364 g/mol. The van der Waals surface area contributed by atoms with E-state index in [0.717, 1.165) is 0 Å². The third-order valence-electron chi connectivity index (χ3n) is 3.60. The maximum Gasteiger partial charge on any atom is 0.262 e. The number of nitrogens with one attached hydrogen (secondary N) is 1. The number of carbonyl (C=O) groups is 2. The summed E-state index contributed by atoms with van der Waals surface area (Å²) >= 11 is 1.41. The molecule has 25 heavy (non-hydrogen) atoms. The highest BCUT2D eigenvalue weighted by molar-refractivity contribution is 7.16. The standard InChI is InChI=1S/C17H24N4O3S/c1-5-20(10-13(22)19-17(2,3)4)14(23)6-8-21-11-18-15-12(16(21)24)7-9-25-15/h7,9,11H,5-6,8,10H2,1-4H3,(H,19,22). The molecule has 0 fully saturated rings. The van der Waals surface area contributed by atoms with Gasteiger partial charge in [0.2, 0.25) is 11.8 Å². The van der Waals surface area contributed by atoms with E-state index in [2.05, 4.69) is 10.3 Å². The van der Waals surface area contributed by atoms with E-state index in [-0.39, 0.29) is 42.4 Å². The van der Waals surface area contributed by atoms with Gasteiger partial charge in [0.05, 0.1) is 18.3 Å². The Morgan fingerprint density at radius 1 is 1.36 bits per heavy atom. The Morgan fingerprint density at radius 2 is 2.08 bits per heavy atom. The summed E-state index contributed by atoms with van der Waals surface area (Å²) in [7, 11) is 0. The molecule has 8 heteroatoms. The lowest BCUT2D eigenvalue weighted by Gasteiger charge is -2.25. The molecule has 0 aliphatic heterocycles. The minimum Gasteiger partial charge on any atom is -0.350 e. The summed E-state index contributed by atoms with van der Waals surface area (Å²) in [6.45, 7) is 8.20. The molecule has 2 aromatic heterocycles. The molecule has 0 spiro atoms. The lowest BCUT2D eigenvalue weighted by atomic mass is 10.1. The molecule has 0 aliphatic rings. The molecule has 2 heterocycles. The number of thiophene rings is 1. The van der Waals surface area contributed by atoms with Gasteiger partial charge in [-0.3, -0.25) is 19.0 Å². The van der Waals surface area contributed by atoms with Crippen molar-refractivity contribution in [2.75, 3.05) is 13.1 Å². The summed E-state index contributed by atoms with van der Waals surface area (Å²) < 4.78 is 1.44. The van der Waals surface area contributed by atoms with Gasteiger partial charge in [-0.2, -0.15) is 0 Å². The first kappa shape index (κ1) is 19.1. The average molecular weight is 364 g/mol. The molecule has 7 nitrogen and oxygen atoms in total. The molecule has 0 unspecified atom stereocenters. The van der Waals surface area contributed by atoms with Crippen LogP contribution in [0.2, 0.25) is 0 Å². The summed E-state index contributed by atoms with van der Waals surface area (Å²) in [6.07, 6.45) is 1.62. The number of hydrogen-bond acceptors (Lipinski definition) is 5. The fourth-order valence-corrected chi connectivity index (χ4v) is 3.16. The number of fused-ring (bicyclic) bond motifs is 1. The van der Waals surface area contributed by atoms with Crippen molar-refractivity contribution in [3.8, 4) is 0 Å². The highest BCUT2D eigenvalue weighted by Crippen LogP contribution is 2.13. The van der Waals surface area contributed by atoms with Crippen LogP contribution in [0.5, 0.6) is 0 Å². The highest BCUT2D eigenvalue weighted by atomic mass is 32.1. The third-order valence-corrected chi connectivity index (χ3v) is 4.42. The van der Waals surface area contributed by atoms with Crippen LogP contribution in [0.15, 0.2) is 22.6 Å². The van der Waals surface area contributed by atoms with Crippen molar-refractivity contribution in [2.24, 2.45) is 0 Å². The predicted molar refractivity (Wildman–Crippen MR) is 98.6 cm³/mol. The second kappa shape index (κ2) is 7.77. The largest absolute Gasteiger partial charge is 0.350 e. The Balaban J connectivity index is 1.98. The number of rotatable bonds is 6. The van der Waals surface area contributed by atoms with Crippen LogP contribution in [0.4, 0.5) is 0 Å². The van der Waals surface area contributed by atoms with E-state index in [1.807, 2.05) is 33.1 Å². The Morgan fingerprint density at radius 3 is 2.72 bits per heavy atom. The van der Waals surface area contributed by atoms with Crippen molar-refractivity contribution >= 4 is 33.4 Å². The van der Waals surface area contributed by atoms with Crippen LogP contribution in [-0.4, -0.2) is 44.9 Å². The first-order chi connectivity index (χ1) is 11.7. The summed E-state index contributed by atoms with van der Waals surface area (Å²) in [4.78, 5) is 43.1. The van der Waals surface area contributed by atoms with E-state index >= 15 is 0 Å². The molecule has 0 aliphatic carbocycles. The van der Waals surface area contributed by atoms with Crippen LogP contribution in [0.3, 0.4) is 0 Å². The molecule has 0 saturated heterocycles. The Labute approximate surface area is 150 Å². The van der Waals surface area contributed by atoms with E-state index in [1.165, 1.54) is 27.1 Å². The van der Waals surface area contributed by atoms with Gasteiger partial charge in [-0.15, -0.1) is 11.3 Å². The van der Waals surface area contributed by atoms with Gasteiger partial charge in [-0.25, -0.2) is 4.98 Å². The summed E-state index contributed by atoms with van der Waals surface area (Å²) in [5, 5.41) is 5.23. The van der Waals surface area contributed by atoms with Crippen molar-refractivity contribution < 1.29 is 9.59 Å². The Hall–Kier alpha value is -2.22. The lowest BCUT2D eigenvalue weighted by molar-refractivity contribution is -0.136. The molecule has 0 radical (unpaired) electrons. The SMILES string of the molecule is CCN(CC(=O)NC(C)(C)C)C(=O)CCn1cnc2sccc2c1=O. The normalized spacial score (nSPS) is 11.5. The molecule has 0 aromatic carbocycles. The first-order valence-electron chi connectivity index (χ1n) is 8.22. The maximum absolute atomic E-state index is 12.4. The van der Waals surface area contributed by atoms with Gasteiger partial charge < -0.3 is 10.2 Å². The first-order valence-corrected chi connectivity index (χ1v) is 9.10. The second-order valence-corrected chi connectivity index (χ2v) is 7.73. The predicted octanol–water partition coefficient (Wildman–Crippen LogP) is 1.61. The molecule has 0 bridgehead atoms. The Kier molecular flexibility index (Phi) is 5.94. The van der Waals surface area contributed by atoms with Crippen molar-refractivity contribution in [1.29, 1.82) is 0 Å². The fraction of sp³-hybridized carbons (Fsp3) is 0.529.